The molecule has 4 nitrogen and oxygen atoms in total. The molecule has 1 saturated heterocycles. The number of aliphatic hydroxyl groups excluding tert-OH is 1. The quantitative estimate of drug-likeness (QED) is 0.725. The van der Waals surface area contributed by atoms with Crippen molar-refractivity contribution in [3.63, 3.8) is 0 Å². The highest BCUT2D eigenvalue weighted by Crippen LogP contribution is 2.13. The van der Waals surface area contributed by atoms with E-state index in [0.29, 0.717) is 0 Å². The number of aliphatic hydroxyl groups is 1. The van der Waals surface area contributed by atoms with E-state index in [4.69, 9.17) is 10.5 Å². The van der Waals surface area contributed by atoms with E-state index < -0.39 is 0 Å². The minimum atomic E-state index is 0.0697. The summed E-state index contributed by atoms with van der Waals surface area (Å²) in [6.45, 7) is 7.03. The van der Waals surface area contributed by atoms with Crippen LogP contribution in [0.5, 0.6) is 0 Å². The first kappa shape index (κ1) is 13.9. The number of ether oxygens (including phenoxy) is 1. The van der Waals surface area contributed by atoms with E-state index in [1.807, 2.05) is 0 Å². The van der Waals surface area contributed by atoms with Crippen LogP contribution >= 0.6 is 0 Å². The van der Waals surface area contributed by atoms with E-state index in [1.54, 1.807) is 0 Å². The van der Waals surface area contributed by atoms with Gasteiger partial charge in [0.25, 0.3) is 0 Å². The predicted molar refractivity (Wildman–Crippen MR) is 65.4 cm³/mol. The van der Waals surface area contributed by atoms with Crippen LogP contribution in [0, 0.1) is 0 Å². The van der Waals surface area contributed by atoms with E-state index in [-0.39, 0.29) is 24.8 Å². The molecular formula is C12H26N2O2. The molecule has 3 N–H and O–H groups in total. The average Bonchev–Trinajstić information content (AvgIpc) is 2.45. The fourth-order valence-electron chi connectivity index (χ4n) is 2.37. The van der Waals surface area contributed by atoms with Gasteiger partial charge in [-0.15, -0.1) is 0 Å². The summed E-state index contributed by atoms with van der Waals surface area (Å²) in [4.78, 5) is 2.29. The van der Waals surface area contributed by atoms with Crippen LogP contribution in [0.3, 0.4) is 0 Å². The van der Waals surface area contributed by atoms with Crippen LogP contribution in [0.15, 0.2) is 0 Å². The van der Waals surface area contributed by atoms with E-state index in [0.717, 1.165) is 39.0 Å². The molecule has 0 spiro atoms. The molecular weight excluding hydrogens is 204 g/mol. The molecule has 0 amide bonds. The Hall–Kier alpha value is -0.160. The summed E-state index contributed by atoms with van der Waals surface area (Å²) in [5.74, 6) is 0. The molecule has 1 heterocycles. The Bertz CT molecular complexity index is 190. The zero-order valence-electron chi connectivity index (χ0n) is 10.6. The lowest BCUT2D eigenvalue weighted by molar-refractivity contribution is 0.0463. The molecule has 0 aromatic heterocycles. The van der Waals surface area contributed by atoms with Gasteiger partial charge in [0.2, 0.25) is 0 Å². The average molecular weight is 230 g/mol. The lowest BCUT2D eigenvalue weighted by Crippen LogP contribution is -2.51. The zero-order chi connectivity index (χ0) is 12.0. The van der Waals surface area contributed by atoms with E-state index in [9.17, 15) is 5.11 Å². The SMILES string of the molecule is CCCC(N)C(CO)N1CCCOC(C)C1. The van der Waals surface area contributed by atoms with Gasteiger partial charge >= 0.3 is 0 Å². The lowest BCUT2D eigenvalue weighted by atomic mass is 10.0. The molecule has 3 unspecified atom stereocenters. The van der Waals surface area contributed by atoms with Gasteiger partial charge in [0, 0.05) is 31.8 Å². The first-order valence-corrected chi connectivity index (χ1v) is 6.41. The molecule has 4 heteroatoms. The Labute approximate surface area is 98.8 Å². The zero-order valence-corrected chi connectivity index (χ0v) is 10.6. The van der Waals surface area contributed by atoms with Crippen molar-refractivity contribution < 1.29 is 9.84 Å². The van der Waals surface area contributed by atoms with Crippen LogP contribution in [-0.2, 0) is 4.74 Å². The Morgan fingerprint density at radius 2 is 2.31 bits per heavy atom. The van der Waals surface area contributed by atoms with Crippen molar-refractivity contribution in [1.82, 2.24) is 4.90 Å². The standard InChI is InChI=1S/C12H26N2O2/c1-3-5-11(13)12(9-15)14-6-4-7-16-10(2)8-14/h10-12,15H,3-9,13H2,1-2H3. The molecule has 16 heavy (non-hydrogen) atoms. The molecule has 1 aliphatic rings. The Morgan fingerprint density at radius 3 is 2.94 bits per heavy atom. The lowest BCUT2D eigenvalue weighted by Gasteiger charge is -2.34. The van der Waals surface area contributed by atoms with Gasteiger partial charge < -0.3 is 15.6 Å². The molecule has 0 aromatic carbocycles. The minimum absolute atomic E-state index is 0.0697. The maximum Gasteiger partial charge on any atom is 0.0674 e. The summed E-state index contributed by atoms with van der Waals surface area (Å²) < 4.78 is 5.60. The normalized spacial score (nSPS) is 27.4. The Kier molecular flexibility index (Phi) is 6.28. The van der Waals surface area contributed by atoms with Crippen molar-refractivity contribution in [3.8, 4) is 0 Å². The van der Waals surface area contributed by atoms with Crippen LogP contribution in [0.1, 0.15) is 33.1 Å². The van der Waals surface area contributed by atoms with Crippen molar-refractivity contribution in [1.29, 1.82) is 0 Å². The Balaban J connectivity index is 2.55. The third-order valence-electron chi connectivity index (χ3n) is 3.26. The monoisotopic (exact) mass is 230 g/mol. The predicted octanol–water partition coefficient (Wildman–Crippen LogP) is 0.586. The van der Waals surface area contributed by atoms with Gasteiger partial charge in [-0.2, -0.15) is 0 Å². The van der Waals surface area contributed by atoms with Crippen molar-refractivity contribution >= 4 is 0 Å². The van der Waals surface area contributed by atoms with E-state index in [2.05, 4.69) is 18.7 Å². The van der Waals surface area contributed by atoms with Crippen molar-refractivity contribution in [3.05, 3.63) is 0 Å². The van der Waals surface area contributed by atoms with Gasteiger partial charge in [-0.3, -0.25) is 4.90 Å². The number of nitrogens with zero attached hydrogens (tertiary/aromatic N) is 1. The molecule has 96 valence electrons. The molecule has 0 radical (unpaired) electrons. The van der Waals surface area contributed by atoms with Gasteiger partial charge in [0.15, 0.2) is 0 Å². The number of rotatable bonds is 5. The van der Waals surface area contributed by atoms with Gasteiger partial charge in [0.1, 0.15) is 0 Å². The van der Waals surface area contributed by atoms with Gasteiger partial charge in [-0.25, -0.2) is 0 Å². The van der Waals surface area contributed by atoms with Crippen molar-refractivity contribution in [2.75, 3.05) is 26.3 Å². The summed E-state index contributed by atoms with van der Waals surface area (Å²) in [5, 5.41) is 9.49. The topological polar surface area (TPSA) is 58.7 Å². The van der Waals surface area contributed by atoms with Gasteiger partial charge in [-0.05, 0) is 19.8 Å². The van der Waals surface area contributed by atoms with Crippen molar-refractivity contribution in [2.24, 2.45) is 5.73 Å². The first-order valence-electron chi connectivity index (χ1n) is 6.41. The summed E-state index contributed by atoms with van der Waals surface area (Å²) >= 11 is 0. The molecule has 0 saturated carbocycles. The van der Waals surface area contributed by atoms with E-state index >= 15 is 0 Å². The van der Waals surface area contributed by atoms with Crippen molar-refractivity contribution in [2.45, 2.75) is 51.3 Å². The third kappa shape index (κ3) is 4.01. The Morgan fingerprint density at radius 1 is 1.56 bits per heavy atom. The minimum Gasteiger partial charge on any atom is -0.395 e. The molecule has 1 aliphatic heterocycles. The number of nitrogens with two attached hydrogens (primary N) is 1. The van der Waals surface area contributed by atoms with Crippen LogP contribution in [0.4, 0.5) is 0 Å². The highest BCUT2D eigenvalue weighted by Gasteiger charge is 2.26. The summed E-state index contributed by atoms with van der Waals surface area (Å²) in [6, 6.07) is 0.157. The highest BCUT2D eigenvalue weighted by atomic mass is 16.5. The van der Waals surface area contributed by atoms with Crippen LogP contribution in [0.2, 0.25) is 0 Å². The maximum absolute atomic E-state index is 9.49. The molecule has 0 bridgehead atoms. The molecule has 3 atom stereocenters. The molecule has 1 fully saturated rings. The highest BCUT2D eigenvalue weighted by molar-refractivity contribution is 4.83. The van der Waals surface area contributed by atoms with Crippen LogP contribution in [0.25, 0.3) is 0 Å². The fraction of sp³-hybridized carbons (Fsp3) is 1.00. The largest absolute Gasteiger partial charge is 0.395 e. The summed E-state index contributed by atoms with van der Waals surface area (Å²) in [5.41, 5.74) is 6.12. The first-order chi connectivity index (χ1) is 7.69. The molecule has 0 aliphatic carbocycles. The van der Waals surface area contributed by atoms with Gasteiger partial charge in [0.05, 0.1) is 12.7 Å². The summed E-state index contributed by atoms with van der Waals surface area (Å²) in [6.07, 6.45) is 3.30. The van der Waals surface area contributed by atoms with E-state index in [1.165, 1.54) is 0 Å². The summed E-state index contributed by atoms with van der Waals surface area (Å²) in [7, 11) is 0. The smallest absolute Gasteiger partial charge is 0.0674 e. The van der Waals surface area contributed by atoms with Crippen LogP contribution in [-0.4, -0.2) is 54.5 Å². The maximum atomic E-state index is 9.49. The molecule has 0 aromatic rings. The second-order valence-corrected chi connectivity index (χ2v) is 4.73. The number of hydrogen-bond acceptors (Lipinski definition) is 4. The third-order valence-corrected chi connectivity index (χ3v) is 3.26. The molecule has 1 rings (SSSR count). The second-order valence-electron chi connectivity index (χ2n) is 4.73. The van der Waals surface area contributed by atoms with Gasteiger partial charge in [-0.1, -0.05) is 13.3 Å². The van der Waals surface area contributed by atoms with Crippen LogP contribution < -0.4 is 5.73 Å². The fourth-order valence-corrected chi connectivity index (χ4v) is 2.37. The number of hydrogen-bond donors (Lipinski definition) is 2. The second kappa shape index (κ2) is 7.22.